The average Bonchev–Trinajstić information content (AvgIpc) is 2.61. The molecule has 3 aromatic rings. The molecule has 0 aliphatic rings. The Hall–Kier alpha value is -2.73. The zero-order valence-corrected chi connectivity index (χ0v) is 17.2. The van der Waals surface area contributed by atoms with Crippen LogP contribution in [0.1, 0.15) is 20.7 Å². The molecule has 9 nitrogen and oxygen atoms in total. The number of rotatable bonds is 5. The molecule has 4 N–H and O–H groups in total. The topological polar surface area (TPSA) is 136 Å². The van der Waals surface area contributed by atoms with Crippen molar-refractivity contribution in [2.75, 3.05) is 27.2 Å². The standard InChI is InChI=1S/C18H17IN4O5/c1-23(2)4-3-20-18(28)13-9(19)5-11(26)16-17(13)22-15-12(27)6-10(25)8(7-24)14(15)21-16/h5-7,25-27H,3-4H2,1-2H3,(H,20,28). The van der Waals surface area contributed by atoms with Crippen LogP contribution in [0.2, 0.25) is 0 Å². The van der Waals surface area contributed by atoms with Gasteiger partial charge in [0.25, 0.3) is 5.91 Å². The third kappa shape index (κ3) is 3.52. The molecule has 0 unspecified atom stereocenters. The number of aromatic nitrogens is 2. The maximum atomic E-state index is 12.7. The number of hydrogen-bond acceptors (Lipinski definition) is 8. The largest absolute Gasteiger partial charge is 0.507 e. The lowest BCUT2D eigenvalue weighted by atomic mass is 10.1. The van der Waals surface area contributed by atoms with E-state index in [1.165, 1.54) is 6.07 Å². The van der Waals surface area contributed by atoms with Gasteiger partial charge in [-0.1, -0.05) is 0 Å². The average molecular weight is 496 g/mol. The van der Waals surface area contributed by atoms with Crippen molar-refractivity contribution in [2.24, 2.45) is 0 Å². The second kappa shape index (κ2) is 7.72. The Bertz CT molecular complexity index is 1120. The van der Waals surface area contributed by atoms with Gasteiger partial charge in [0.15, 0.2) is 6.29 Å². The lowest BCUT2D eigenvalue weighted by Crippen LogP contribution is -2.32. The molecule has 0 saturated carbocycles. The quantitative estimate of drug-likeness (QED) is 0.238. The molecule has 0 aliphatic heterocycles. The summed E-state index contributed by atoms with van der Waals surface area (Å²) in [5, 5.41) is 33.1. The van der Waals surface area contributed by atoms with E-state index in [-0.39, 0.29) is 38.9 Å². The van der Waals surface area contributed by atoms with Gasteiger partial charge < -0.3 is 25.5 Å². The molecule has 0 aliphatic carbocycles. The van der Waals surface area contributed by atoms with Gasteiger partial charge in [0.05, 0.1) is 11.1 Å². The van der Waals surface area contributed by atoms with Gasteiger partial charge in [-0.2, -0.15) is 0 Å². The third-order valence-electron chi connectivity index (χ3n) is 4.11. The summed E-state index contributed by atoms with van der Waals surface area (Å²) in [5.74, 6) is -1.50. The maximum absolute atomic E-state index is 12.7. The monoisotopic (exact) mass is 496 g/mol. The van der Waals surface area contributed by atoms with Crippen LogP contribution in [-0.2, 0) is 0 Å². The normalized spacial score (nSPS) is 11.3. The number of likely N-dealkylation sites (N-methyl/N-ethyl adjacent to an activating group) is 1. The van der Waals surface area contributed by atoms with Crippen molar-refractivity contribution >= 4 is 56.9 Å². The molecular weight excluding hydrogens is 479 g/mol. The fraction of sp³-hybridized carbons (Fsp3) is 0.222. The second-order valence-electron chi connectivity index (χ2n) is 6.38. The van der Waals surface area contributed by atoms with Gasteiger partial charge in [-0.25, -0.2) is 9.97 Å². The number of phenolic OH excluding ortho intramolecular Hbond substituents is 3. The van der Waals surface area contributed by atoms with E-state index >= 15 is 0 Å². The molecule has 28 heavy (non-hydrogen) atoms. The van der Waals surface area contributed by atoms with Crippen LogP contribution < -0.4 is 5.32 Å². The van der Waals surface area contributed by atoms with Gasteiger partial charge in [-0.3, -0.25) is 9.59 Å². The molecule has 2 aromatic carbocycles. The number of nitrogens with zero attached hydrogens (tertiary/aromatic N) is 3. The van der Waals surface area contributed by atoms with Crippen LogP contribution >= 0.6 is 22.6 Å². The highest BCUT2D eigenvalue weighted by Gasteiger charge is 2.22. The van der Waals surface area contributed by atoms with Crippen LogP contribution in [0.5, 0.6) is 17.2 Å². The van der Waals surface area contributed by atoms with Crippen molar-refractivity contribution in [3.63, 3.8) is 0 Å². The Morgan fingerprint density at radius 1 is 1.07 bits per heavy atom. The number of carbonyl (C=O) groups is 2. The zero-order chi connectivity index (χ0) is 20.6. The second-order valence-corrected chi connectivity index (χ2v) is 7.54. The lowest BCUT2D eigenvalue weighted by molar-refractivity contribution is 0.0951. The van der Waals surface area contributed by atoms with E-state index < -0.39 is 17.4 Å². The summed E-state index contributed by atoms with van der Waals surface area (Å²) >= 11 is 1.91. The summed E-state index contributed by atoms with van der Waals surface area (Å²) in [6, 6.07) is 2.35. The van der Waals surface area contributed by atoms with E-state index in [4.69, 9.17) is 0 Å². The summed E-state index contributed by atoms with van der Waals surface area (Å²) in [7, 11) is 3.76. The highest BCUT2D eigenvalue weighted by molar-refractivity contribution is 14.1. The first-order valence-corrected chi connectivity index (χ1v) is 9.28. The van der Waals surface area contributed by atoms with Gasteiger partial charge >= 0.3 is 0 Å². The molecule has 1 aromatic heterocycles. The molecule has 146 valence electrons. The number of amides is 1. The Kier molecular flexibility index (Phi) is 5.52. The Morgan fingerprint density at radius 3 is 2.32 bits per heavy atom. The SMILES string of the molecule is CN(C)CCNC(=O)c1c(I)cc(O)c2nc3c(C=O)c(O)cc(O)c3nc12. The zero-order valence-electron chi connectivity index (χ0n) is 15.0. The molecule has 0 atom stereocenters. The van der Waals surface area contributed by atoms with Crippen molar-refractivity contribution in [3.8, 4) is 17.2 Å². The van der Waals surface area contributed by atoms with E-state index in [0.717, 1.165) is 6.07 Å². The maximum Gasteiger partial charge on any atom is 0.254 e. The van der Waals surface area contributed by atoms with Crippen molar-refractivity contribution < 1.29 is 24.9 Å². The molecule has 0 fully saturated rings. The third-order valence-corrected chi connectivity index (χ3v) is 4.96. The number of fused-ring (bicyclic) bond motifs is 2. The molecule has 0 radical (unpaired) electrons. The van der Waals surface area contributed by atoms with Crippen LogP contribution in [0.15, 0.2) is 12.1 Å². The van der Waals surface area contributed by atoms with Crippen LogP contribution in [0.25, 0.3) is 22.1 Å². The van der Waals surface area contributed by atoms with Crippen molar-refractivity contribution in [3.05, 3.63) is 26.8 Å². The number of aldehydes is 1. The molecular formula is C18H17IN4O5. The van der Waals surface area contributed by atoms with Crippen LogP contribution in [0.3, 0.4) is 0 Å². The minimum atomic E-state index is -0.458. The summed E-state index contributed by atoms with van der Waals surface area (Å²) in [6.45, 7) is 1.04. The van der Waals surface area contributed by atoms with Crippen LogP contribution in [-0.4, -0.2) is 69.6 Å². The molecule has 1 amide bonds. The fourth-order valence-corrected chi connectivity index (χ4v) is 3.53. The number of phenols is 3. The number of hydrogen-bond donors (Lipinski definition) is 4. The van der Waals surface area contributed by atoms with Crippen LogP contribution in [0.4, 0.5) is 0 Å². The summed E-state index contributed by atoms with van der Waals surface area (Å²) in [6.07, 6.45) is 0.385. The predicted octanol–water partition coefficient (Wildman–Crippen LogP) is 1.61. The first kappa shape index (κ1) is 20.0. The fourth-order valence-electron chi connectivity index (χ4n) is 2.74. The van der Waals surface area contributed by atoms with Crippen molar-refractivity contribution in [1.82, 2.24) is 20.2 Å². The van der Waals surface area contributed by atoms with E-state index in [9.17, 15) is 24.9 Å². The highest BCUT2D eigenvalue weighted by Crippen LogP contribution is 2.36. The van der Waals surface area contributed by atoms with Crippen molar-refractivity contribution in [2.45, 2.75) is 0 Å². The first-order valence-electron chi connectivity index (χ1n) is 8.20. The van der Waals surface area contributed by atoms with E-state index in [1.807, 2.05) is 41.6 Å². The van der Waals surface area contributed by atoms with Crippen molar-refractivity contribution in [1.29, 1.82) is 0 Å². The molecule has 0 bridgehead atoms. The lowest BCUT2D eigenvalue weighted by Gasteiger charge is -2.14. The van der Waals surface area contributed by atoms with Gasteiger partial charge in [0.1, 0.15) is 39.3 Å². The summed E-state index contributed by atoms with van der Waals surface area (Å²) in [5.41, 5.74) is -0.0405. The van der Waals surface area contributed by atoms with Gasteiger partial charge in [0.2, 0.25) is 0 Å². The number of benzene rings is 2. The van der Waals surface area contributed by atoms with E-state index in [2.05, 4.69) is 15.3 Å². The summed E-state index contributed by atoms with van der Waals surface area (Å²) in [4.78, 5) is 34.5. The van der Waals surface area contributed by atoms with E-state index in [0.29, 0.717) is 22.9 Å². The Balaban J connectivity index is 2.27. The number of nitrogens with one attached hydrogen (secondary N) is 1. The number of halogens is 1. The summed E-state index contributed by atoms with van der Waals surface area (Å²) < 4.78 is 0.451. The van der Waals surface area contributed by atoms with Gasteiger partial charge in [-0.15, -0.1) is 0 Å². The molecule has 0 spiro atoms. The first-order chi connectivity index (χ1) is 13.2. The Morgan fingerprint density at radius 2 is 1.68 bits per heavy atom. The van der Waals surface area contributed by atoms with Gasteiger partial charge in [0, 0.05) is 22.7 Å². The Labute approximate surface area is 173 Å². The highest BCUT2D eigenvalue weighted by atomic mass is 127. The predicted molar refractivity (Wildman–Crippen MR) is 111 cm³/mol. The van der Waals surface area contributed by atoms with Crippen LogP contribution in [0, 0.1) is 3.57 Å². The molecule has 0 saturated heterocycles. The minimum absolute atomic E-state index is 0.0150. The molecule has 1 heterocycles. The van der Waals surface area contributed by atoms with E-state index in [1.54, 1.807) is 0 Å². The number of carbonyl (C=O) groups excluding carboxylic acids is 2. The minimum Gasteiger partial charge on any atom is -0.507 e. The van der Waals surface area contributed by atoms with Gasteiger partial charge in [-0.05, 0) is 42.8 Å². The number of aromatic hydroxyl groups is 3. The molecule has 3 rings (SSSR count). The smallest absolute Gasteiger partial charge is 0.254 e. The molecule has 10 heteroatoms.